The standard InChI is InChI=1S/C12H13ClFNO6/c1-21-12(18)7-4-8(14)6(5-9(7)15(19)20)11(17)10(16)2-3-13/h4-5,10-11,16-17H,2-3H2,1H3. The first-order valence-electron chi connectivity index (χ1n) is 5.81. The molecule has 0 spiro atoms. The van der Waals surface area contributed by atoms with Gasteiger partial charge in [-0.25, -0.2) is 9.18 Å². The van der Waals surface area contributed by atoms with Crippen LogP contribution in [0.2, 0.25) is 0 Å². The van der Waals surface area contributed by atoms with Crippen molar-refractivity contribution in [1.82, 2.24) is 0 Å². The molecule has 0 aromatic heterocycles. The molecule has 2 N–H and O–H groups in total. The van der Waals surface area contributed by atoms with Crippen molar-refractivity contribution in [2.24, 2.45) is 0 Å². The van der Waals surface area contributed by atoms with E-state index in [2.05, 4.69) is 4.74 Å². The van der Waals surface area contributed by atoms with Gasteiger partial charge in [-0.15, -0.1) is 11.6 Å². The van der Waals surface area contributed by atoms with Crippen molar-refractivity contribution < 1.29 is 29.1 Å². The van der Waals surface area contributed by atoms with Crippen LogP contribution in [-0.4, -0.2) is 40.2 Å². The number of nitro groups is 1. The van der Waals surface area contributed by atoms with Crippen molar-refractivity contribution in [3.63, 3.8) is 0 Å². The fraction of sp³-hybridized carbons (Fsp3) is 0.417. The van der Waals surface area contributed by atoms with E-state index < -0.39 is 45.7 Å². The van der Waals surface area contributed by atoms with Gasteiger partial charge in [-0.05, 0) is 12.5 Å². The first-order chi connectivity index (χ1) is 9.83. The smallest absolute Gasteiger partial charge is 0.344 e. The number of esters is 1. The molecule has 0 heterocycles. The second-order valence-electron chi connectivity index (χ2n) is 4.13. The summed E-state index contributed by atoms with van der Waals surface area (Å²) in [5.74, 6) is -2.13. The Labute approximate surface area is 124 Å². The summed E-state index contributed by atoms with van der Waals surface area (Å²) in [4.78, 5) is 21.4. The normalized spacial score (nSPS) is 13.6. The number of carbonyl (C=O) groups excluding carboxylic acids is 1. The second-order valence-corrected chi connectivity index (χ2v) is 4.51. The molecule has 2 unspecified atom stereocenters. The Kier molecular flexibility index (Phi) is 6.01. The molecule has 0 bridgehead atoms. The lowest BCUT2D eigenvalue weighted by atomic mass is 9.99. The van der Waals surface area contributed by atoms with Gasteiger partial charge in [0.25, 0.3) is 5.69 Å². The quantitative estimate of drug-likeness (QED) is 0.356. The number of hydrogen-bond acceptors (Lipinski definition) is 6. The Morgan fingerprint density at radius 3 is 2.62 bits per heavy atom. The molecule has 0 amide bonds. The number of aliphatic hydroxyl groups is 2. The number of benzene rings is 1. The molecular formula is C12H13ClFNO6. The molecule has 116 valence electrons. The van der Waals surface area contributed by atoms with Crippen LogP contribution in [0.3, 0.4) is 0 Å². The lowest BCUT2D eigenvalue weighted by Gasteiger charge is -2.18. The zero-order valence-electron chi connectivity index (χ0n) is 11.0. The number of carbonyl (C=O) groups is 1. The van der Waals surface area contributed by atoms with Gasteiger partial charge in [0.1, 0.15) is 17.5 Å². The van der Waals surface area contributed by atoms with Crippen molar-refractivity contribution in [3.8, 4) is 0 Å². The molecule has 9 heteroatoms. The largest absolute Gasteiger partial charge is 0.465 e. The maximum Gasteiger partial charge on any atom is 0.344 e. The van der Waals surface area contributed by atoms with E-state index in [1.165, 1.54) is 0 Å². The Balaban J connectivity index is 3.33. The Bertz CT molecular complexity index is 553. The van der Waals surface area contributed by atoms with Gasteiger partial charge < -0.3 is 14.9 Å². The third-order valence-corrected chi connectivity index (χ3v) is 3.02. The van der Waals surface area contributed by atoms with E-state index in [0.717, 1.165) is 7.11 Å². The summed E-state index contributed by atoms with van der Waals surface area (Å²) in [6.45, 7) is 0. The van der Waals surface area contributed by atoms with E-state index in [0.29, 0.717) is 12.1 Å². The van der Waals surface area contributed by atoms with Crippen LogP contribution in [0.4, 0.5) is 10.1 Å². The van der Waals surface area contributed by atoms with Gasteiger partial charge in [0.05, 0.1) is 18.1 Å². The number of hydrogen-bond donors (Lipinski definition) is 2. The highest BCUT2D eigenvalue weighted by molar-refractivity contribution is 6.17. The summed E-state index contributed by atoms with van der Waals surface area (Å²) >= 11 is 5.40. The Hall–Kier alpha value is -1.77. The van der Waals surface area contributed by atoms with E-state index in [-0.39, 0.29) is 12.3 Å². The highest BCUT2D eigenvalue weighted by Crippen LogP contribution is 2.29. The van der Waals surface area contributed by atoms with Crippen LogP contribution < -0.4 is 0 Å². The first-order valence-corrected chi connectivity index (χ1v) is 6.35. The molecule has 1 rings (SSSR count). The van der Waals surface area contributed by atoms with Crippen molar-refractivity contribution in [2.45, 2.75) is 18.6 Å². The van der Waals surface area contributed by atoms with E-state index in [1.807, 2.05) is 0 Å². The number of alkyl halides is 1. The molecule has 1 aromatic carbocycles. The molecule has 0 saturated heterocycles. The average Bonchev–Trinajstić information content (AvgIpc) is 2.45. The summed E-state index contributed by atoms with van der Waals surface area (Å²) in [5.41, 5.74) is -1.80. The van der Waals surface area contributed by atoms with Crippen LogP contribution in [0.5, 0.6) is 0 Å². The molecule has 0 aliphatic carbocycles. The highest BCUT2D eigenvalue weighted by Gasteiger charge is 2.29. The number of nitrogens with zero attached hydrogens (tertiary/aromatic N) is 1. The van der Waals surface area contributed by atoms with E-state index >= 15 is 0 Å². The molecule has 0 aliphatic heterocycles. The zero-order chi connectivity index (χ0) is 16.2. The van der Waals surface area contributed by atoms with Crippen molar-refractivity contribution in [1.29, 1.82) is 0 Å². The molecule has 2 atom stereocenters. The maximum absolute atomic E-state index is 13.9. The van der Waals surface area contributed by atoms with Gasteiger partial charge in [-0.2, -0.15) is 0 Å². The molecule has 0 saturated carbocycles. The topological polar surface area (TPSA) is 110 Å². The molecule has 1 aromatic rings. The van der Waals surface area contributed by atoms with Crippen LogP contribution in [-0.2, 0) is 4.74 Å². The van der Waals surface area contributed by atoms with Crippen molar-refractivity contribution in [2.75, 3.05) is 13.0 Å². The number of halogens is 2. The minimum atomic E-state index is -1.70. The minimum absolute atomic E-state index is 0.0161. The van der Waals surface area contributed by atoms with Crippen LogP contribution in [0, 0.1) is 15.9 Å². The van der Waals surface area contributed by atoms with Gasteiger partial charge in [0.15, 0.2) is 0 Å². The third kappa shape index (κ3) is 3.87. The van der Waals surface area contributed by atoms with Gasteiger partial charge >= 0.3 is 5.97 Å². The molecular weight excluding hydrogens is 309 g/mol. The lowest BCUT2D eigenvalue weighted by Crippen LogP contribution is -2.20. The molecule has 0 radical (unpaired) electrons. The summed E-state index contributed by atoms with van der Waals surface area (Å²) in [6, 6.07) is 1.29. The Morgan fingerprint density at radius 2 is 2.14 bits per heavy atom. The van der Waals surface area contributed by atoms with Crippen molar-refractivity contribution in [3.05, 3.63) is 39.2 Å². The first kappa shape index (κ1) is 17.3. The monoisotopic (exact) mass is 321 g/mol. The zero-order valence-corrected chi connectivity index (χ0v) is 11.7. The second kappa shape index (κ2) is 7.30. The molecule has 0 aliphatic rings. The minimum Gasteiger partial charge on any atom is -0.465 e. The predicted molar refractivity (Wildman–Crippen MR) is 70.7 cm³/mol. The molecule has 7 nitrogen and oxygen atoms in total. The van der Waals surface area contributed by atoms with Crippen LogP contribution in [0.25, 0.3) is 0 Å². The third-order valence-electron chi connectivity index (χ3n) is 2.80. The van der Waals surface area contributed by atoms with E-state index in [9.17, 15) is 29.5 Å². The summed E-state index contributed by atoms with van der Waals surface area (Å²) in [5, 5.41) is 30.3. The van der Waals surface area contributed by atoms with E-state index in [1.54, 1.807) is 0 Å². The number of nitro benzene ring substituents is 1. The summed E-state index contributed by atoms with van der Waals surface area (Å²) in [7, 11) is 0.997. The van der Waals surface area contributed by atoms with Crippen LogP contribution in [0.1, 0.15) is 28.4 Å². The molecule has 21 heavy (non-hydrogen) atoms. The Morgan fingerprint density at radius 1 is 1.52 bits per heavy atom. The number of rotatable bonds is 6. The fourth-order valence-corrected chi connectivity index (χ4v) is 1.93. The maximum atomic E-state index is 13.9. The van der Waals surface area contributed by atoms with Gasteiger partial charge in [-0.1, -0.05) is 0 Å². The van der Waals surface area contributed by atoms with Gasteiger partial charge in [-0.3, -0.25) is 10.1 Å². The van der Waals surface area contributed by atoms with Gasteiger partial charge in [0.2, 0.25) is 0 Å². The van der Waals surface area contributed by atoms with Gasteiger partial charge in [0, 0.05) is 17.5 Å². The number of methoxy groups -OCH3 is 1. The van der Waals surface area contributed by atoms with Crippen molar-refractivity contribution >= 4 is 23.3 Å². The van der Waals surface area contributed by atoms with Crippen LogP contribution >= 0.6 is 11.6 Å². The summed E-state index contributed by atoms with van der Waals surface area (Å²) in [6.07, 6.45) is -3.12. The lowest BCUT2D eigenvalue weighted by molar-refractivity contribution is -0.385. The summed E-state index contributed by atoms with van der Waals surface area (Å²) < 4.78 is 18.2. The molecule has 0 fully saturated rings. The SMILES string of the molecule is COC(=O)c1cc(F)c(C(O)C(O)CCCl)cc1[N+](=O)[O-]. The van der Waals surface area contributed by atoms with Crippen LogP contribution in [0.15, 0.2) is 12.1 Å². The number of aliphatic hydroxyl groups excluding tert-OH is 2. The highest BCUT2D eigenvalue weighted by atomic mass is 35.5. The predicted octanol–water partition coefficient (Wildman–Crippen LogP) is 1.54. The fourth-order valence-electron chi connectivity index (χ4n) is 1.71. The van der Waals surface area contributed by atoms with E-state index in [4.69, 9.17) is 11.6 Å². The average molecular weight is 322 g/mol. The number of ether oxygens (including phenoxy) is 1.